The number of carbonyl (C=O) groups is 1. The Kier molecular flexibility index (Phi) is 3.59. The first-order valence-electron chi connectivity index (χ1n) is 7.40. The van der Waals surface area contributed by atoms with Gasteiger partial charge in [0.1, 0.15) is 0 Å². The van der Waals surface area contributed by atoms with E-state index < -0.39 is 5.82 Å². The van der Waals surface area contributed by atoms with E-state index in [1.54, 1.807) is 0 Å². The lowest BCUT2D eigenvalue weighted by molar-refractivity contribution is 0.0922. The zero-order chi connectivity index (χ0) is 14.1. The number of amides is 1. The largest absolute Gasteiger partial charge is 0.368 e. The van der Waals surface area contributed by atoms with E-state index in [-0.39, 0.29) is 23.3 Å². The zero-order valence-electron chi connectivity index (χ0n) is 11.7. The SMILES string of the molecule is CCNc1nccc(C(=O)NC(C2CC2)C2CC2)c1F. The van der Waals surface area contributed by atoms with E-state index in [4.69, 9.17) is 0 Å². The highest BCUT2D eigenvalue weighted by Gasteiger charge is 2.42. The van der Waals surface area contributed by atoms with Crippen LogP contribution in [0.15, 0.2) is 12.3 Å². The van der Waals surface area contributed by atoms with Crippen LogP contribution in [-0.4, -0.2) is 23.5 Å². The van der Waals surface area contributed by atoms with Crippen LogP contribution < -0.4 is 10.6 Å². The Morgan fingerprint density at radius 1 is 1.40 bits per heavy atom. The van der Waals surface area contributed by atoms with Gasteiger partial charge < -0.3 is 10.6 Å². The Balaban J connectivity index is 1.74. The van der Waals surface area contributed by atoms with Crippen LogP contribution in [0.4, 0.5) is 10.2 Å². The van der Waals surface area contributed by atoms with E-state index in [9.17, 15) is 9.18 Å². The van der Waals surface area contributed by atoms with Gasteiger partial charge in [-0.2, -0.15) is 0 Å². The number of aromatic nitrogens is 1. The number of hydrogen-bond acceptors (Lipinski definition) is 3. The van der Waals surface area contributed by atoms with E-state index in [1.165, 1.54) is 37.9 Å². The van der Waals surface area contributed by atoms with Crippen LogP contribution in [0.2, 0.25) is 0 Å². The fraction of sp³-hybridized carbons (Fsp3) is 0.600. The fourth-order valence-electron chi connectivity index (χ4n) is 2.67. The summed E-state index contributed by atoms with van der Waals surface area (Å²) >= 11 is 0. The fourth-order valence-corrected chi connectivity index (χ4v) is 2.67. The molecule has 2 aliphatic carbocycles. The number of pyridine rings is 1. The number of hydrogen-bond donors (Lipinski definition) is 2. The molecule has 0 aromatic carbocycles. The van der Waals surface area contributed by atoms with Crippen molar-refractivity contribution in [2.24, 2.45) is 11.8 Å². The molecule has 1 aromatic heterocycles. The number of halogens is 1. The third kappa shape index (κ3) is 2.76. The smallest absolute Gasteiger partial charge is 0.254 e. The molecule has 4 nitrogen and oxygen atoms in total. The molecule has 0 unspecified atom stereocenters. The maximum atomic E-state index is 14.2. The second kappa shape index (κ2) is 5.38. The summed E-state index contributed by atoms with van der Waals surface area (Å²) in [5, 5.41) is 5.86. The van der Waals surface area contributed by atoms with Gasteiger partial charge in [0.25, 0.3) is 5.91 Å². The molecule has 5 heteroatoms. The maximum Gasteiger partial charge on any atom is 0.254 e. The van der Waals surface area contributed by atoms with Crippen LogP contribution in [0.5, 0.6) is 0 Å². The third-order valence-corrected chi connectivity index (χ3v) is 4.04. The maximum absolute atomic E-state index is 14.2. The molecule has 1 amide bonds. The second-order valence-corrected chi connectivity index (χ2v) is 5.73. The quantitative estimate of drug-likeness (QED) is 0.840. The topological polar surface area (TPSA) is 54.0 Å². The molecule has 2 N–H and O–H groups in total. The third-order valence-electron chi connectivity index (χ3n) is 4.04. The van der Waals surface area contributed by atoms with Crippen molar-refractivity contribution in [3.05, 3.63) is 23.6 Å². The molecule has 0 spiro atoms. The minimum absolute atomic E-state index is 0.0854. The summed E-state index contributed by atoms with van der Waals surface area (Å²) < 4.78 is 14.2. The van der Waals surface area contributed by atoms with Crippen molar-refractivity contribution in [1.82, 2.24) is 10.3 Å². The van der Waals surface area contributed by atoms with Gasteiger partial charge in [0.2, 0.25) is 0 Å². The number of rotatable bonds is 6. The van der Waals surface area contributed by atoms with E-state index in [2.05, 4.69) is 15.6 Å². The molecule has 2 aliphatic rings. The Bertz CT molecular complexity index is 500. The molecule has 0 radical (unpaired) electrons. The van der Waals surface area contributed by atoms with Crippen molar-refractivity contribution in [3.8, 4) is 0 Å². The second-order valence-electron chi connectivity index (χ2n) is 5.73. The predicted molar refractivity (Wildman–Crippen MR) is 75.1 cm³/mol. The molecule has 0 atom stereocenters. The Hall–Kier alpha value is -1.65. The van der Waals surface area contributed by atoms with Crippen molar-refractivity contribution in [2.75, 3.05) is 11.9 Å². The molecule has 0 aliphatic heterocycles. The van der Waals surface area contributed by atoms with Gasteiger partial charge in [-0.3, -0.25) is 4.79 Å². The van der Waals surface area contributed by atoms with Gasteiger partial charge in [-0.1, -0.05) is 0 Å². The van der Waals surface area contributed by atoms with Gasteiger partial charge >= 0.3 is 0 Å². The van der Waals surface area contributed by atoms with E-state index in [0.29, 0.717) is 18.4 Å². The van der Waals surface area contributed by atoms with Gasteiger partial charge in [0.15, 0.2) is 11.6 Å². The molecule has 2 saturated carbocycles. The molecule has 3 rings (SSSR count). The number of carbonyl (C=O) groups excluding carboxylic acids is 1. The summed E-state index contributed by atoms with van der Waals surface area (Å²) in [6, 6.07) is 1.68. The Labute approximate surface area is 118 Å². The van der Waals surface area contributed by atoms with Gasteiger partial charge in [-0.25, -0.2) is 9.37 Å². The average Bonchev–Trinajstić information content (AvgIpc) is 3.30. The molecular formula is C15H20FN3O. The minimum atomic E-state index is -0.558. The molecule has 0 bridgehead atoms. The number of nitrogens with zero attached hydrogens (tertiary/aromatic N) is 1. The lowest BCUT2D eigenvalue weighted by atomic mass is 10.1. The Morgan fingerprint density at radius 2 is 2.05 bits per heavy atom. The van der Waals surface area contributed by atoms with Gasteiger partial charge in [-0.05, 0) is 50.5 Å². The zero-order valence-corrected chi connectivity index (χ0v) is 11.7. The molecular weight excluding hydrogens is 257 g/mol. The molecule has 0 saturated heterocycles. The van der Waals surface area contributed by atoms with E-state index in [0.717, 1.165) is 0 Å². The minimum Gasteiger partial charge on any atom is -0.368 e. The average molecular weight is 277 g/mol. The lowest BCUT2D eigenvalue weighted by Crippen LogP contribution is -2.38. The van der Waals surface area contributed by atoms with Crippen molar-refractivity contribution in [3.63, 3.8) is 0 Å². The standard InChI is InChI=1S/C15H20FN3O/c1-2-17-14-12(16)11(7-8-18-14)15(20)19-13(9-3-4-9)10-5-6-10/h7-10,13H,2-6H2,1H3,(H,17,18)(H,19,20). The Morgan fingerprint density at radius 3 is 2.60 bits per heavy atom. The summed E-state index contributed by atoms with van der Waals surface area (Å²) in [5.74, 6) is 0.480. The van der Waals surface area contributed by atoms with Crippen molar-refractivity contribution in [1.29, 1.82) is 0 Å². The molecule has 108 valence electrons. The highest BCUT2D eigenvalue weighted by molar-refractivity contribution is 5.95. The molecule has 20 heavy (non-hydrogen) atoms. The normalized spacial score (nSPS) is 18.1. The predicted octanol–water partition coefficient (Wildman–Crippen LogP) is 2.57. The summed E-state index contributed by atoms with van der Waals surface area (Å²) in [6.07, 6.45) is 6.21. The van der Waals surface area contributed by atoms with Crippen molar-refractivity contribution < 1.29 is 9.18 Å². The number of nitrogens with one attached hydrogen (secondary N) is 2. The first kappa shape index (κ1) is 13.3. The lowest BCUT2D eigenvalue weighted by Gasteiger charge is -2.18. The van der Waals surface area contributed by atoms with Crippen molar-refractivity contribution >= 4 is 11.7 Å². The number of anilines is 1. The summed E-state index contributed by atoms with van der Waals surface area (Å²) in [5.41, 5.74) is 0.0854. The monoisotopic (exact) mass is 277 g/mol. The van der Waals surface area contributed by atoms with Crippen LogP contribution in [0.3, 0.4) is 0 Å². The summed E-state index contributed by atoms with van der Waals surface area (Å²) in [7, 11) is 0. The summed E-state index contributed by atoms with van der Waals surface area (Å²) in [4.78, 5) is 16.2. The van der Waals surface area contributed by atoms with Crippen LogP contribution in [-0.2, 0) is 0 Å². The highest BCUT2D eigenvalue weighted by Crippen LogP contribution is 2.44. The van der Waals surface area contributed by atoms with Crippen LogP contribution >= 0.6 is 0 Å². The summed E-state index contributed by atoms with van der Waals surface area (Å²) in [6.45, 7) is 2.44. The van der Waals surface area contributed by atoms with Crippen LogP contribution in [0.1, 0.15) is 43.0 Å². The van der Waals surface area contributed by atoms with E-state index >= 15 is 0 Å². The molecule has 1 heterocycles. The molecule has 1 aromatic rings. The van der Waals surface area contributed by atoms with Crippen molar-refractivity contribution in [2.45, 2.75) is 38.6 Å². The molecule has 2 fully saturated rings. The first-order chi connectivity index (χ1) is 9.70. The van der Waals surface area contributed by atoms with Gasteiger partial charge in [0, 0.05) is 18.8 Å². The highest BCUT2D eigenvalue weighted by atomic mass is 19.1. The van der Waals surface area contributed by atoms with Gasteiger partial charge in [-0.15, -0.1) is 0 Å². The first-order valence-corrected chi connectivity index (χ1v) is 7.40. The van der Waals surface area contributed by atoms with Crippen LogP contribution in [0.25, 0.3) is 0 Å². The van der Waals surface area contributed by atoms with Gasteiger partial charge in [0.05, 0.1) is 5.56 Å². The van der Waals surface area contributed by atoms with Crippen LogP contribution in [0, 0.1) is 17.7 Å². The van der Waals surface area contributed by atoms with E-state index in [1.807, 2.05) is 6.92 Å².